The van der Waals surface area contributed by atoms with Gasteiger partial charge in [0.05, 0.1) is 11.9 Å². The lowest BCUT2D eigenvalue weighted by molar-refractivity contribution is 0.624. The highest BCUT2D eigenvalue weighted by molar-refractivity contribution is 5.43. The largest absolute Gasteiger partial charge is 0.379 e. The molecule has 0 unspecified atom stereocenters. The van der Waals surface area contributed by atoms with E-state index >= 15 is 0 Å². The summed E-state index contributed by atoms with van der Waals surface area (Å²) in [5.41, 5.74) is 1.60. The first-order valence-electron chi connectivity index (χ1n) is 4.73. The van der Waals surface area contributed by atoms with Gasteiger partial charge in [0.15, 0.2) is 5.82 Å². The average molecular weight is 202 g/mol. The topological polar surface area (TPSA) is 24.9 Å². The molecule has 0 aliphatic heterocycles. The third-order valence-electron chi connectivity index (χ3n) is 2.10. The van der Waals surface area contributed by atoms with Crippen LogP contribution in [0.4, 0.5) is 10.1 Å². The van der Waals surface area contributed by atoms with Crippen molar-refractivity contribution in [2.24, 2.45) is 0 Å². The number of pyridine rings is 1. The summed E-state index contributed by atoms with van der Waals surface area (Å²) in [7, 11) is 0. The summed E-state index contributed by atoms with van der Waals surface area (Å²) in [6.45, 7) is 0.613. The summed E-state index contributed by atoms with van der Waals surface area (Å²) < 4.78 is 13.2. The number of aromatic nitrogens is 1. The van der Waals surface area contributed by atoms with Gasteiger partial charge in [0.1, 0.15) is 0 Å². The van der Waals surface area contributed by atoms with E-state index in [-0.39, 0.29) is 5.82 Å². The molecular weight excluding hydrogens is 191 g/mol. The minimum absolute atomic E-state index is 0.326. The lowest BCUT2D eigenvalue weighted by atomic mass is 10.2. The lowest BCUT2D eigenvalue weighted by Gasteiger charge is -2.06. The summed E-state index contributed by atoms with van der Waals surface area (Å²) in [6, 6.07) is 11.5. The summed E-state index contributed by atoms with van der Waals surface area (Å²) in [4.78, 5) is 3.68. The van der Waals surface area contributed by atoms with Crippen LogP contribution in [-0.4, -0.2) is 4.98 Å². The Morgan fingerprint density at radius 2 is 1.93 bits per heavy atom. The Kier molecular flexibility index (Phi) is 2.93. The fourth-order valence-corrected chi connectivity index (χ4v) is 1.31. The number of nitrogens with zero attached hydrogens (tertiary/aromatic N) is 1. The van der Waals surface area contributed by atoms with Crippen molar-refractivity contribution in [3.05, 3.63) is 60.2 Å². The third kappa shape index (κ3) is 2.53. The summed E-state index contributed by atoms with van der Waals surface area (Å²) in [5.74, 6) is -0.326. The molecule has 2 aromatic rings. The molecule has 1 aromatic heterocycles. The molecule has 3 heteroatoms. The van der Waals surface area contributed by atoms with Crippen LogP contribution in [0.5, 0.6) is 0 Å². The molecule has 15 heavy (non-hydrogen) atoms. The van der Waals surface area contributed by atoms with Gasteiger partial charge in [-0.2, -0.15) is 0 Å². The molecule has 1 heterocycles. The number of hydrogen-bond donors (Lipinski definition) is 1. The second-order valence-electron chi connectivity index (χ2n) is 3.19. The van der Waals surface area contributed by atoms with E-state index in [1.165, 1.54) is 6.20 Å². The Hall–Kier alpha value is -1.90. The molecule has 0 spiro atoms. The molecule has 1 N–H and O–H groups in total. The van der Waals surface area contributed by atoms with Gasteiger partial charge in [0.2, 0.25) is 0 Å². The zero-order valence-electron chi connectivity index (χ0n) is 8.15. The van der Waals surface area contributed by atoms with Crippen molar-refractivity contribution in [2.75, 3.05) is 5.32 Å². The van der Waals surface area contributed by atoms with Crippen LogP contribution in [0, 0.1) is 5.82 Å². The number of halogens is 1. The first-order valence-corrected chi connectivity index (χ1v) is 4.73. The smallest absolute Gasteiger partial charge is 0.164 e. The van der Waals surface area contributed by atoms with Crippen molar-refractivity contribution >= 4 is 5.69 Å². The average Bonchev–Trinajstić information content (AvgIpc) is 2.29. The number of anilines is 1. The number of hydrogen-bond acceptors (Lipinski definition) is 2. The van der Waals surface area contributed by atoms with Crippen LogP contribution in [0.1, 0.15) is 5.56 Å². The van der Waals surface area contributed by atoms with E-state index < -0.39 is 0 Å². The molecule has 1 aromatic carbocycles. The molecule has 0 aliphatic carbocycles. The van der Waals surface area contributed by atoms with E-state index in [0.29, 0.717) is 12.2 Å². The van der Waals surface area contributed by atoms with Gasteiger partial charge < -0.3 is 5.32 Å². The molecule has 0 saturated carbocycles. The van der Waals surface area contributed by atoms with Crippen LogP contribution in [0.25, 0.3) is 0 Å². The van der Waals surface area contributed by atoms with Crippen LogP contribution in [0.15, 0.2) is 48.8 Å². The van der Waals surface area contributed by atoms with E-state index in [2.05, 4.69) is 10.3 Å². The van der Waals surface area contributed by atoms with Crippen LogP contribution >= 0.6 is 0 Å². The predicted octanol–water partition coefficient (Wildman–Crippen LogP) is 2.83. The highest BCUT2D eigenvalue weighted by atomic mass is 19.1. The van der Waals surface area contributed by atoms with Crippen LogP contribution < -0.4 is 5.32 Å². The fourth-order valence-electron chi connectivity index (χ4n) is 1.31. The van der Waals surface area contributed by atoms with Crippen molar-refractivity contribution in [1.82, 2.24) is 4.98 Å². The zero-order valence-corrected chi connectivity index (χ0v) is 8.15. The van der Waals surface area contributed by atoms with Crippen LogP contribution in [-0.2, 0) is 6.54 Å². The van der Waals surface area contributed by atoms with Crippen molar-refractivity contribution in [3.8, 4) is 0 Å². The molecule has 0 aliphatic rings. The second kappa shape index (κ2) is 4.55. The van der Waals surface area contributed by atoms with E-state index in [1.54, 1.807) is 12.3 Å². The van der Waals surface area contributed by atoms with Crippen molar-refractivity contribution in [2.45, 2.75) is 6.54 Å². The van der Waals surface area contributed by atoms with Gasteiger partial charge in [-0.15, -0.1) is 0 Å². The standard InChI is InChI=1S/C12H11FN2/c13-11-9-14-7-6-12(11)15-8-10-4-2-1-3-5-10/h1-7,9H,8H2,(H,14,15). The van der Waals surface area contributed by atoms with Gasteiger partial charge in [-0.05, 0) is 11.6 Å². The first-order chi connectivity index (χ1) is 7.36. The van der Waals surface area contributed by atoms with E-state index in [1.807, 2.05) is 30.3 Å². The molecule has 0 saturated heterocycles. The molecule has 0 amide bonds. The van der Waals surface area contributed by atoms with E-state index in [4.69, 9.17) is 0 Å². The van der Waals surface area contributed by atoms with Crippen molar-refractivity contribution in [1.29, 1.82) is 0 Å². The maximum absolute atomic E-state index is 13.2. The van der Waals surface area contributed by atoms with Gasteiger partial charge >= 0.3 is 0 Å². The van der Waals surface area contributed by atoms with Gasteiger partial charge in [-0.3, -0.25) is 4.98 Å². The second-order valence-corrected chi connectivity index (χ2v) is 3.19. The monoisotopic (exact) mass is 202 g/mol. The highest BCUT2D eigenvalue weighted by Crippen LogP contribution is 2.12. The first kappa shape index (κ1) is 9.65. The predicted molar refractivity (Wildman–Crippen MR) is 58.0 cm³/mol. The van der Waals surface area contributed by atoms with Crippen LogP contribution in [0.3, 0.4) is 0 Å². The molecule has 0 fully saturated rings. The maximum Gasteiger partial charge on any atom is 0.164 e. The van der Waals surface area contributed by atoms with Gasteiger partial charge in [0, 0.05) is 12.7 Å². The minimum atomic E-state index is -0.326. The third-order valence-corrected chi connectivity index (χ3v) is 2.10. The summed E-state index contributed by atoms with van der Waals surface area (Å²) >= 11 is 0. The molecule has 2 rings (SSSR count). The molecule has 0 atom stereocenters. The van der Waals surface area contributed by atoms with Gasteiger partial charge in [-0.25, -0.2) is 4.39 Å². The highest BCUT2D eigenvalue weighted by Gasteiger charge is 1.99. The van der Waals surface area contributed by atoms with E-state index in [9.17, 15) is 4.39 Å². The minimum Gasteiger partial charge on any atom is -0.379 e. The Morgan fingerprint density at radius 3 is 2.67 bits per heavy atom. The van der Waals surface area contributed by atoms with Gasteiger partial charge in [0.25, 0.3) is 0 Å². The maximum atomic E-state index is 13.2. The fraction of sp³-hybridized carbons (Fsp3) is 0.0833. The van der Waals surface area contributed by atoms with Crippen molar-refractivity contribution < 1.29 is 4.39 Å². The number of rotatable bonds is 3. The molecule has 2 nitrogen and oxygen atoms in total. The Labute approximate surface area is 87.8 Å². The van der Waals surface area contributed by atoms with Crippen LogP contribution in [0.2, 0.25) is 0 Å². The molecular formula is C12H11FN2. The Balaban J connectivity index is 2.03. The quantitative estimate of drug-likeness (QED) is 0.827. The Bertz CT molecular complexity index is 429. The van der Waals surface area contributed by atoms with Crippen molar-refractivity contribution in [3.63, 3.8) is 0 Å². The SMILES string of the molecule is Fc1cnccc1NCc1ccccc1. The molecule has 0 bridgehead atoms. The number of nitrogens with one attached hydrogen (secondary N) is 1. The molecule has 76 valence electrons. The van der Waals surface area contributed by atoms with Gasteiger partial charge in [-0.1, -0.05) is 30.3 Å². The normalized spacial score (nSPS) is 9.93. The zero-order chi connectivity index (χ0) is 10.5. The number of benzene rings is 1. The lowest BCUT2D eigenvalue weighted by Crippen LogP contribution is -2.01. The summed E-state index contributed by atoms with van der Waals surface area (Å²) in [6.07, 6.45) is 2.77. The summed E-state index contributed by atoms with van der Waals surface area (Å²) in [5, 5.41) is 3.01. The molecule has 0 radical (unpaired) electrons. The van der Waals surface area contributed by atoms with E-state index in [0.717, 1.165) is 5.56 Å². The Morgan fingerprint density at radius 1 is 1.13 bits per heavy atom.